The molecular weight excluding hydrogens is 128 g/mol. The number of carbonyl (C=O) groups excluding carboxylic acids is 1. The molecule has 0 N–H and O–H groups in total. The van der Waals surface area contributed by atoms with Gasteiger partial charge in [-0.15, -0.1) is 0 Å². The minimum absolute atomic E-state index is 0.00407. The maximum Gasteiger partial charge on any atom is 0.224 e. The lowest BCUT2D eigenvalue weighted by molar-refractivity contribution is -0.123. The summed E-state index contributed by atoms with van der Waals surface area (Å²) >= 11 is 0. The van der Waals surface area contributed by atoms with Crippen LogP contribution in [0.25, 0.3) is 0 Å². The number of carbonyl (C=O) groups is 1. The summed E-state index contributed by atoms with van der Waals surface area (Å²) in [5, 5.41) is 0. The monoisotopic (exact) mass is 144 g/mol. The van der Waals surface area contributed by atoms with E-state index in [0.717, 1.165) is 0 Å². The average molecular weight is 144 g/mol. The topological polar surface area (TPSA) is 32.7 Å². The number of nitrogens with zero attached hydrogens (tertiary/aromatic N) is 2. The molecule has 0 unspecified atom stereocenters. The fraction of sp³-hybridized carbons (Fsp3) is 0.714. The van der Waals surface area contributed by atoms with Crippen molar-refractivity contribution < 1.29 is 4.79 Å². The molecular formula is C7H16N2O. The Hall–Kier alpha value is -0.860. The van der Waals surface area contributed by atoms with Gasteiger partial charge in [0, 0.05) is 21.0 Å². The predicted octanol–water partition coefficient (Wildman–Crippen LogP) is 1.15. The van der Waals surface area contributed by atoms with E-state index in [4.69, 9.17) is 0 Å². The summed E-state index contributed by atoms with van der Waals surface area (Å²) in [6, 6.07) is 0. The molecule has 0 aromatic carbocycles. The van der Waals surface area contributed by atoms with Crippen LogP contribution in [0.5, 0.6) is 0 Å². The second kappa shape index (κ2) is 8.14. The molecule has 0 aliphatic carbocycles. The summed E-state index contributed by atoms with van der Waals surface area (Å²) in [4.78, 5) is 15.4. The van der Waals surface area contributed by atoms with Crippen molar-refractivity contribution in [1.82, 2.24) is 4.90 Å². The summed E-state index contributed by atoms with van der Waals surface area (Å²) in [6.45, 7) is 5.49. The summed E-state index contributed by atoms with van der Waals surface area (Å²) in [5.41, 5.74) is 0. The van der Waals surface area contributed by atoms with Crippen LogP contribution in [0.3, 0.4) is 0 Å². The van der Waals surface area contributed by atoms with E-state index in [9.17, 15) is 4.79 Å². The van der Waals surface area contributed by atoms with E-state index in [1.165, 1.54) is 18.2 Å². The molecule has 3 nitrogen and oxygen atoms in total. The van der Waals surface area contributed by atoms with E-state index in [-0.39, 0.29) is 5.91 Å². The zero-order valence-corrected chi connectivity index (χ0v) is 7.38. The largest absolute Gasteiger partial charge is 0.307 e. The van der Waals surface area contributed by atoms with Gasteiger partial charge in [-0.3, -0.25) is 9.79 Å². The number of hydrogen-bond acceptors (Lipinski definition) is 2. The third-order valence-corrected chi connectivity index (χ3v) is 0.785. The van der Waals surface area contributed by atoms with E-state index < -0.39 is 0 Å². The molecule has 0 aliphatic rings. The lowest BCUT2D eigenvalue weighted by Gasteiger charge is -2.04. The maximum absolute atomic E-state index is 10.4. The molecule has 0 rings (SSSR count). The van der Waals surface area contributed by atoms with Crippen LogP contribution in [0.1, 0.15) is 20.8 Å². The van der Waals surface area contributed by atoms with E-state index in [1.807, 2.05) is 13.8 Å². The first-order chi connectivity index (χ1) is 4.68. The molecule has 0 bridgehead atoms. The highest BCUT2D eigenvalue weighted by molar-refractivity contribution is 5.85. The van der Waals surface area contributed by atoms with Crippen LogP contribution in [-0.2, 0) is 4.79 Å². The van der Waals surface area contributed by atoms with Gasteiger partial charge in [-0.1, -0.05) is 13.8 Å². The summed E-state index contributed by atoms with van der Waals surface area (Å²) < 4.78 is 0. The van der Waals surface area contributed by atoms with Crippen molar-refractivity contribution in [3.63, 3.8) is 0 Å². The SMILES string of the molecule is CC.CN=CN(C)C(C)=O. The van der Waals surface area contributed by atoms with E-state index in [1.54, 1.807) is 14.1 Å². The van der Waals surface area contributed by atoms with Crippen molar-refractivity contribution in [3.8, 4) is 0 Å². The van der Waals surface area contributed by atoms with Crippen LogP contribution in [0, 0.1) is 0 Å². The van der Waals surface area contributed by atoms with Crippen LogP contribution >= 0.6 is 0 Å². The fourth-order valence-electron chi connectivity index (χ4n) is 0.255. The molecule has 0 aromatic rings. The fourth-order valence-corrected chi connectivity index (χ4v) is 0.255. The van der Waals surface area contributed by atoms with Crippen molar-refractivity contribution in [1.29, 1.82) is 0 Å². The molecule has 0 aliphatic heterocycles. The maximum atomic E-state index is 10.4. The first kappa shape index (κ1) is 11.9. The van der Waals surface area contributed by atoms with Gasteiger partial charge < -0.3 is 4.90 Å². The molecule has 3 heteroatoms. The molecule has 60 valence electrons. The highest BCUT2D eigenvalue weighted by atomic mass is 16.2. The number of hydrogen-bond donors (Lipinski definition) is 0. The van der Waals surface area contributed by atoms with Gasteiger partial charge in [0.25, 0.3) is 0 Å². The van der Waals surface area contributed by atoms with Gasteiger partial charge in [-0.2, -0.15) is 0 Å². The summed E-state index contributed by atoms with van der Waals surface area (Å²) in [6.07, 6.45) is 1.47. The second-order valence-electron chi connectivity index (χ2n) is 1.50. The van der Waals surface area contributed by atoms with E-state index >= 15 is 0 Å². The minimum atomic E-state index is -0.00407. The van der Waals surface area contributed by atoms with Gasteiger partial charge in [-0.25, -0.2) is 0 Å². The normalized spacial score (nSPS) is 8.50. The van der Waals surface area contributed by atoms with Crippen LogP contribution in [0.4, 0.5) is 0 Å². The zero-order valence-electron chi connectivity index (χ0n) is 7.38. The van der Waals surface area contributed by atoms with Crippen molar-refractivity contribution in [2.24, 2.45) is 4.99 Å². The highest BCUT2D eigenvalue weighted by Crippen LogP contribution is 1.74. The molecule has 0 aromatic heterocycles. The van der Waals surface area contributed by atoms with Crippen molar-refractivity contribution >= 4 is 12.2 Å². The van der Waals surface area contributed by atoms with Crippen LogP contribution in [0.15, 0.2) is 4.99 Å². The Morgan fingerprint density at radius 3 is 2.00 bits per heavy atom. The lowest BCUT2D eigenvalue weighted by atomic mass is 10.6. The molecule has 1 amide bonds. The van der Waals surface area contributed by atoms with Crippen molar-refractivity contribution in [3.05, 3.63) is 0 Å². The highest BCUT2D eigenvalue weighted by Gasteiger charge is 1.93. The van der Waals surface area contributed by atoms with Gasteiger partial charge >= 0.3 is 0 Å². The Morgan fingerprint density at radius 2 is 1.90 bits per heavy atom. The van der Waals surface area contributed by atoms with Crippen LogP contribution in [-0.4, -0.2) is 31.2 Å². The van der Waals surface area contributed by atoms with Gasteiger partial charge in [0.05, 0.1) is 6.34 Å². The molecule has 0 spiro atoms. The van der Waals surface area contributed by atoms with E-state index in [2.05, 4.69) is 4.99 Å². The first-order valence-electron chi connectivity index (χ1n) is 3.34. The Morgan fingerprint density at radius 1 is 1.50 bits per heavy atom. The van der Waals surface area contributed by atoms with Gasteiger partial charge in [0.15, 0.2) is 0 Å². The third-order valence-electron chi connectivity index (χ3n) is 0.785. The Bertz CT molecular complexity index is 110. The number of rotatable bonds is 1. The predicted molar refractivity (Wildman–Crippen MR) is 44.2 cm³/mol. The Kier molecular flexibility index (Phi) is 9.67. The van der Waals surface area contributed by atoms with Crippen LogP contribution < -0.4 is 0 Å². The van der Waals surface area contributed by atoms with Gasteiger partial charge in [0.2, 0.25) is 5.91 Å². The Labute approximate surface area is 62.8 Å². The average Bonchev–Trinajstić information content (AvgIpc) is 1.93. The van der Waals surface area contributed by atoms with Gasteiger partial charge in [-0.05, 0) is 0 Å². The Balaban J connectivity index is 0. The molecule has 0 heterocycles. The molecule has 0 saturated heterocycles. The zero-order chi connectivity index (χ0) is 8.57. The molecule has 10 heavy (non-hydrogen) atoms. The van der Waals surface area contributed by atoms with Crippen LogP contribution in [0.2, 0.25) is 0 Å². The second-order valence-corrected chi connectivity index (χ2v) is 1.50. The van der Waals surface area contributed by atoms with Gasteiger partial charge in [0.1, 0.15) is 0 Å². The lowest BCUT2D eigenvalue weighted by Crippen LogP contribution is -2.21. The number of aliphatic imine (C=N–C) groups is 1. The van der Waals surface area contributed by atoms with Crippen molar-refractivity contribution in [2.75, 3.05) is 14.1 Å². The number of amides is 1. The smallest absolute Gasteiger partial charge is 0.224 e. The molecule has 0 radical (unpaired) electrons. The quantitative estimate of drug-likeness (QED) is 0.401. The molecule has 0 fully saturated rings. The minimum Gasteiger partial charge on any atom is -0.307 e. The standard InChI is InChI=1S/C5H10N2O.C2H6/c1-5(8)7(3)4-6-2;1-2/h4H,1-3H3;1-2H3. The summed E-state index contributed by atoms with van der Waals surface area (Å²) in [7, 11) is 3.29. The summed E-state index contributed by atoms with van der Waals surface area (Å²) in [5.74, 6) is -0.00407. The van der Waals surface area contributed by atoms with E-state index in [0.29, 0.717) is 0 Å². The van der Waals surface area contributed by atoms with Crippen molar-refractivity contribution in [2.45, 2.75) is 20.8 Å². The first-order valence-corrected chi connectivity index (χ1v) is 3.34. The molecule has 0 saturated carbocycles. The molecule has 0 atom stereocenters. The third kappa shape index (κ3) is 7.14.